The highest BCUT2D eigenvalue weighted by Gasteiger charge is 2.22. The molecule has 0 bridgehead atoms. The van der Waals surface area contributed by atoms with Crippen molar-refractivity contribution in [2.45, 2.75) is 18.9 Å². The van der Waals surface area contributed by atoms with Crippen molar-refractivity contribution in [3.8, 4) is 0 Å². The molecule has 6 nitrogen and oxygen atoms in total. The van der Waals surface area contributed by atoms with Crippen molar-refractivity contribution in [2.75, 3.05) is 33.9 Å². The zero-order valence-electron chi connectivity index (χ0n) is 10.3. The lowest BCUT2D eigenvalue weighted by atomic mass is 10.5. The topological polar surface area (TPSA) is 74.8 Å². The van der Waals surface area contributed by atoms with Crippen molar-refractivity contribution in [1.29, 1.82) is 0 Å². The molecule has 0 heterocycles. The van der Waals surface area contributed by atoms with Crippen LogP contribution in [0, 0.1) is 0 Å². The second-order valence-electron chi connectivity index (χ2n) is 3.69. The first-order chi connectivity index (χ1) is 7.76. The lowest BCUT2D eigenvalue weighted by molar-refractivity contribution is -0.120. The SMILES string of the molecule is CN=C(NCC(=O)NCCOC)NC1CC1.I. The molecule has 0 aromatic heterocycles. The summed E-state index contributed by atoms with van der Waals surface area (Å²) >= 11 is 0. The first-order valence-electron chi connectivity index (χ1n) is 5.49. The zero-order chi connectivity index (χ0) is 11.8. The minimum absolute atomic E-state index is 0. The predicted molar refractivity (Wildman–Crippen MR) is 77.8 cm³/mol. The average Bonchev–Trinajstić information content (AvgIpc) is 3.08. The number of carbonyl (C=O) groups is 1. The number of nitrogens with zero attached hydrogens (tertiary/aromatic N) is 1. The monoisotopic (exact) mass is 356 g/mol. The van der Waals surface area contributed by atoms with E-state index in [9.17, 15) is 4.79 Å². The van der Waals surface area contributed by atoms with E-state index in [0.29, 0.717) is 25.2 Å². The molecule has 7 heteroatoms. The minimum Gasteiger partial charge on any atom is -0.383 e. The van der Waals surface area contributed by atoms with E-state index < -0.39 is 0 Å². The average molecular weight is 356 g/mol. The molecule has 1 rings (SSSR count). The van der Waals surface area contributed by atoms with Crippen molar-refractivity contribution >= 4 is 35.8 Å². The van der Waals surface area contributed by atoms with Gasteiger partial charge in [0.15, 0.2) is 5.96 Å². The fourth-order valence-corrected chi connectivity index (χ4v) is 1.13. The molecular formula is C10H21IN4O2. The molecule has 0 aliphatic heterocycles. The Morgan fingerprint density at radius 1 is 1.41 bits per heavy atom. The summed E-state index contributed by atoms with van der Waals surface area (Å²) in [5.74, 6) is 0.625. The van der Waals surface area contributed by atoms with Gasteiger partial charge in [-0.3, -0.25) is 9.79 Å². The van der Waals surface area contributed by atoms with Gasteiger partial charge in [-0.1, -0.05) is 0 Å². The van der Waals surface area contributed by atoms with Crippen molar-refractivity contribution < 1.29 is 9.53 Å². The highest BCUT2D eigenvalue weighted by atomic mass is 127. The van der Waals surface area contributed by atoms with Gasteiger partial charge in [-0.2, -0.15) is 0 Å². The molecule has 0 spiro atoms. The Balaban J connectivity index is 0.00000256. The van der Waals surface area contributed by atoms with E-state index in [0.717, 1.165) is 0 Å². The van der Waals surface area contributed by atoms with E-state index in [1.54, 1.807) is 14.2 Å². The number of amides is 1. The lowest BCUT2D eigenvalue weighted by Crippen LogP contribution is -2.44. The van der Waals surface area contributed by atoms with Gasteiger partial charge in [-0.25, -0.2) is 0 Å². The second-order valence-corrected chi connectivity index (χ2v) is 3.69. The molecule has 0 aromatic rings. The van der Waals surface area contributed by atoms with E-state index in [2.05, 4.69) is 20.9 Å². The number of halogens is 1. The van der Waals surface area contributed by atoms with Gasteiger partial charge in [0.2, 0.25) is 5.91 Å². The predicted octanol–water partition coefficient (Wildman–Crippen LogP) is -0.306. The molecule has 1 saturated carbocycles. The molecule has 0 radical (unpaired) electrons. The van der Waals surface area contributed by atoms with Gasteiger partial charge >= 0.3 is 0 Å². The molecule has 0 aromatic carbocycles. The van der Waals surface area contributed by atoms with E-state index in [1.807, 2.05) is 0 Å². The Labute approximate surface area is 119 Å². The van der Waals surface area contributed by atoms with Gasteiger partial charge in [0.25, 0.3) is 0 Å². The maximum atomic E-state index is 11.3. The fraction of sp³-hybridized carbons (Fsp3) is 0.800. The van der Waals surface area contributed by atoms with Crippen molar-refractivity contribution in [3.63, 3.8) is 0 Å². The Morgan fingerprint density at radius 2 is 2.12 bits per heavy atom. The Morgan fingerprint density at radius 3 is 2.65 bits per heavy atom. The number of aliphatic imine (C=N–C) groups is 1. The Kier molecular flexibility index (Phi) is 9.14. The molecule has 1 aliphatic rings. The van der Waals surface area contributed by atoms with Gasteiger partial charge in [-0.15, -0.1) is 24.0 Å². The van der Waals surface area contributed by atoms with Crippen LogP contribution >= 0.6 is 24.0 Å². The highest BCUT2D eigenvalue weighted by molar-refractivity contribution is 14.0. The number of methoxy groups -OCH3 is 1. The first-order valence-corrected chi connectivity index (χ1v) is 5.49. The van der Waals surface area contributed by atoms with Crippen LogP contribution in [-0.4, -0.2) is 51.8 Å². The van der Waals surface area contributed by atoms with Crippen LogP contribution in [0.25, 0.3) is 0 Å². The third-order valence-electron chi connectivity index (χ3n) is 2.19. The van der Waals surface area contributed by atoms with Crippen LogP contribution in [0.15, 0.2) is 4.99 Å². The van der Waals surface area contributed by atoms with Gasteiger partial charge in [0.05, 0.1) is 13.2 Å². The summed E-state index contributed by atoms with van der Waals surface area (Å²) in [6, 6.07) is 0.530. The largest absolute Gasteiger partial charge is 0.383 e. The summed E-state index contributed by atoms with van der Waals surface area (Å²) in [7, 11) is 3.30. The molecule has 1 aliphatic carbocycles. The normalized spacial score (nSPS) is 14.8. The lowest BCUT2D eigenvalue weighted by Gasteiger charge is -2.10. The second kappa shape index (κ2) is 9.46. The maximum Gasteiger partial charge on any atom is 0.239 e. The van der Waals surface area contributed by atoms with Crippen LogP contribution in [0.5, 0.6) is 0 Å². The van der Waals surface area contributed by atoms with E-state index in [4.69, 9.17) is 4.74 Å². The summed E-state index contributed by atoms with van der Waals surface area (Å²) < 4.78 is 4.83. The molecule has 0 saturated heterocycles. The number of guanidine groups is 1. The standard InChI is InChI=1S/C10H20N4O2.HI/c1-11-10(14-8-3-4-8)13-7-9(15)12-5-6-16-2;/h8H,3-7H2,1-2H3,(H,12,15)(H2,11,13,14);1H. The number of rotatable bonds is 6. The van der Waals surface area contributed by atoms with Gasteiger partial charge in [0, 0.05) is 26.7 Å². The Hall–Kier alpha value is -0.570. The third kappa shape index (κ3) is 8.19. The number of carbonyl (C=O) groups excluding carboxylic acids is 1. The van der Waals surface area contributed by atoms with Crippen molar-refractivity contribution in [1.82, 2.24) is 16.0 Å². The molecule has 0 atom stereocenters. The number of ether oxygens (including phenoxy) is 1. The van der Waals surface area contributed by atoms with Crippen LogP contribution in [0.4, 0.5) is 0 Å². The van der Waals surface area contributed by atoms with Crippen LogP contribution in [0.1, 0.15) is 12.8 Å². The summed E-state index contributed by atoms with van der Waals surface area (Å²) in [6.45, 7) is 1.29. The smallest absolute Gasteiger partial charge is 0.239 e. The van der Waals surface area contributed by atoms with Gasteiger partial charge < -0.3 is 20.7 Å². The van der Waals surface area contributed by atoms with E-state index >= 15 is 0 Å². The molecule has 100 valence electrons. The molecule has 0 unspecified atom stereocenters. The Bertz CT molecular complexity index is 257. The van der Waals surface area contributed by atoms with Gasteiger partial charge in [-0.05, 0) is 12.8 Å². The van der Waals surface area contributed by atoms with Crippen LogP contribution < -0.4 is 16.0 Å². The van der Waals surface area contributed by atoms with Gasteiger partial charge in [0.1, 0.15) is 0 Å². The molecular weight excluding hydrogens is 335 g/mol. The number of nitrogens with one attached hydrogen (secondary N) is 3. The fourth-order valence-electron chi connectivity index (χ4n) is 1.13. The molecule has 3 N–H and O–H groups in total. The minimum atomic E-state index is -0.0594. The van der Waals surface area contributed by atoms with Crippen LogP contribution in [0.3, 0.4) is 0 Å². The number of hydrogen-bond donors (Lipinski definition) is 3. The van der Waals surface area contributed by atoms with E-state index in [-0.39, 0.29) is 36.4 Å². The summed E-state index contributed by atoms with van der Waals surface area (Å²) in [4.78, 5) is 15.4. The van der Waals surface area contributed by atoms with Crippen molar-refractivity contribution in [3.05, 3.63) is 0 Å². The summed E-state index contributed by atoms with van der Waals surface area (Å²) in [6.07, 6.45) is 2.36. The third-order valence-corrected chi connectivity index (χ3v) is 2.19. The molecule has 1 amide bonds. The van der Waals surface area contributed by atoms with Crippen LogP contribution in [-0.2, 0) is 9.53 Å². The van der Waals surface area contributed by atoms with E-state index in [1.165, 1.54) is 12.8 Å². The quantitative estimate of drug-likeness (QED) is 0.264. The first kappa shape index (κ1) is 16.4. The molecule has 1 fully saturated rings. The van der Waals surface area contributed by atoms with Crippen molar-refractivity contribution in [2.24, 2.45) is 4.99 Å². The summed E-state index contributed by atoms with van der Waals surface area (Å²) in [5, 5.41) is 8.87. The molecule has 17 heavy (non-hydrogen) atoms. The summed E-state index contributed by atoms with van der Waals surface area (Å²) in [5.41, 5.74) is 0. The van der Waals surface area contributed by atoms with Crippen LogP contribution in [0.2, 0.25) is 0 Å². The number of hydrogen-bond acceptors (Lipinski definition) is 3. The maximum absolute atomic E-state index is 11.3. The highest BCUT2D eigenvalue weighted by Crippen LogP contribution is 2.18. The zero-order valence-corrected chi connectivity index (χ0v) is 12.6.